The van der Waals surface area contributed by atoms with Crippen molar-refractivity contribution in [2.24, 2.45) is 17.8 Å². The van der Waals surface area contributed by atoms with Crippen LogP contribution in [0.1, 0.15) is 57.4 Å². The molecule has 1 saturated heterocycles. The van der Waals surface area contributed by atoms with E-state index in [1.165, 1.54) is 4.90 Å². The molecule has 1 aromatic heterocycles. The molecule has 2 amide bonds. The number of aliphatic carboxylic acids is 1. The molecular weight excluding hydrogens is 536 g/mol. The average molecular weight is 572 g/mol. The van der Waals surface area contributed by atoms with E-state index in [4.69, 9.17) is 5.11 Å². The van der Waals surface area contributed by atoms with Gasteiger partial charge in [-0.25, -0.2) is 0 Å². The third-order valence-electron chi connectivity index (χ3n) is 5.85. The number of hydrogen-bond acceptors (Lipinski definition) is 6. The van der Waals surface area contributed by atoms with Crippen LogP contribution in [0.15, 0.2) is 12.1 Å². The molecule has 1 aliphatic heterocycles. The summed E-state index contributed by atoms with van der Waals surface area (Å²) < 4.78 is 72.1. The number of carboxylic acid groups (broad SMARTS) is 1. The Morgan fingerprint density at radius 3 is 1.97 bits per heavy atom. The standard InChI is InChI=1S/C19H28F3N5O2.C5H7F3O2/c1-13(2)6-7-23-18(29)15-4-5-16(25-24-15)26-8-10-27(11-9-26)17(28)12-14(3)19(20,21)22;1-3(4(9)10)2-5(6,7)8/h4-5,13-14H,6-12H2,1-3H3,(H,23,29);3H,2H2,1H3,(H,9,10). The van der Waals surface area contributed by atoms with Crippen molar-refractivity contribution in [1.82, 2.24) is 20.4 Å². The minimum absolute atomic E-state index is 0.229. The van der Waals surface area contributed by atoms with E-state index in [0.29, 0.717) is 44.5 Å². The summed E-state index contributed by atoms with van der Waals surface area (Å²) in [6.07, 6.45) is -9.66. The van der Waals surface area contributed by atoms with Gasteiger partial charge in [-0.05, 0) is 24.5 Å². The Hall–Kier alpha value is -3.13. The number of piperazine rings is 1. The first-order chi connectivity index (χ1) is 17.9. The first kappa shape index (κ1) is 33.9. The summed E-state index contributed by atoms with van der Waals surface area (Å²) in [5.41, 5.74) is 0.229. The molecule has 0 radical (unpaired) electrons. The van der Waals surface area contributed by atoms with Crippen molar-refractivity contribution in [2.75, 3.05) is 37.6 Å². The number of carbonyl (C=O) groups excluding carboxylic acids is 2. The molecule has 9 nitrogen and oxygen atoms in total. The third-order valence-corrected chi connectivity index (χ3v) is 5.85. The highest BCUT2D eigenvalue weighted by Crippen LogP contribution is 2.29. The van der Waals surface area contributed by atoms with Crippen LogP contribution in [0.4, 0.5) is 32.2 Å². The molecule has 39 heavy (non-hydrogen) atoms. The molecule has 0 bridgehead atoms. The highest BCUT2D eigenvalue weighted by molar-refractivity contribution is 5.92. The zero-order valence-electron chi connectivity index (χ0n) is 22.3. The fraction of sp³-hybridized carbons (Fsp3) is 0.708. The molecule has 1 aliphatic rings. The second kappa shape index (κ2) is 14.9. The largest absolute Gasteiger partial charge is 0.481 e. The molecule has 0 aliphatic carbocycles. The first-order valence-corrected chi connectivity index (χ1v) is 12.4. The molecular formula is C24H35F6N5O4. The third kappa shape index (κ3) is 13.0. The van der Waals surface area contributed by atoms with Crippen LogP contribution in [-0.2, 0) is 9.59 Å². The molecule has 1 fully saturated rings. The summed E-state index contributed by atoms with van der Waals surface area (Å²) in [5, 5.41) is 18.9. The summed E-state index contributed by atoms with van der Waals surface area (Å²) >= 11 is 0. The van der Waals surface area contributed by atoms with E-state index in [1.54, 1.807) is 12.1 Å². The maximum absolute atomic E-state index is 12.6. The van der Waals surface area contributed by atoms with Crippen molar-refractivity contribution >= 4 is 23.6 Å². The molecule has 0 aromatic carbocycles. The van der Waals surface area contributed by atoms with Crippen molar-refractivity contribution in [3.05, 3.63) is 17.8 Å². The Labute approximate surface area is 222 Å². The van der Waals surface area contributed by atoms with E-state index in [-0.39, 0.29) is 11.6 Å². The highest BCUT2D eigenvalue weighted by Gasteiger charge is 2.38. The number of hydrogen-bond donors (Lipinski definition) is 2. The maximum Gasteiger partial charge on any atom is 0.392 e. The average Bonchev–Trinajstić information content (AvgIpc) is 2.82. The van der Waals surface area contributed by atoms with Gasteiger partial charge in [0.15, 0.2) is 11.5 Å². The minimum atomic E-state index is -4.38. The number of anilines is 1. The number of rotatable bonds is 9. The van der Waals surface area contributed by atoms with Gasteiger partial charge < -0.3 is 20.2 Å². The Morgan fingerprint density at radius 2 is 1.56 bits per heavy atom. The molecule has 222 valence electrons. The van der Waals surface area contributed by atoms with Gasteiger partial charge in [0.2, 0.25) is 5.91 Å². The Bertz CT molecular complexity index is 932. The van der Waals surface area contributed by atoms with Crippen molar-refractivity contribution in [3.8, 4) is 0 Å². The number of amides is 2. The van der Waals surface area contributed by atoms with Crippen LogP contribution in [-0.4, -0.2) is 83.1 Å². The Balaban J connectivity index is 0.000000646. The smallest absolute Gasteiger partial charge is 0.392 e. The van der Waals surface area contributed by atoms with Gasteiger partial charge in [-0.15, -0.1) is 10.2 Å². The summed E-state index contributed by atoms with van der Waals surface area (Å²) in [6, 6.07) is 3.28. The molecule has 2 heterocycles. The molecule has 0 spiro atoms. The van der Waals surface area contributed by atoms with Crippen LogP contribution < -0.4 is 10.2 Å². The molecule has 2 atom stereocenters. The topological polar surface area (TPSA) is 116 Å². The van der Waals surface area contributed by atoms with Crippen molar-refractivity contribution in [1.29, 1.82) is 0 Å². The van der Waals surface area contributed by atoms with Gasteiger partial charge in [-0.1, -0.05) is 27.7 Å². The first-order valence-electron chi connectivity index (χ1n) is 12.4. The minimum Gasteiger partial charge on any atom is -0.481 e. The number of halogens is 6. The Morgan fingerprint density at radius 1 is 0.974 bits per heavy atom. The van der Waals surface area contributed by atoms with Crippen LogP contribution in [0.25, 0.3) is 0 Å². The van der Waals surface area contributed by atoms with Crippen molar-refractivity contribution in [2.45, 2.75) is 59.3 Å². The van der Waals surface area contributed by atoms with Gasteiger partial charge in [0, 0.05) is 39.1 Å². The lowest BCUT2D eigenvalue weighted by atomic mass is 10.1. The highest BCUT2D eigenvalue weighted by atomic mass is 19.4. The van der Waals surface area contributed by atoms with Gasteiger partial charge in [-0.3, -0.25) is 14.4 Å². The quantitative estimate of drug-likeness (QED) is 0.428. The number of carbonyl (C=O) groups is 3. The number of aromatic nitrogens is 2. The van der Waals surface area contributed by atoms with Crippen LogP contribution >= 0.6 is 0 Å². The predicted octanol–water partition coefficient (Wildman–Crippen LogP) is 4.15. The van der Waals surface area contributed by atoms with Crippen molar-refractivity contribution < 1.29 is 45.8 Å². The second-order valence-electron chi connectivity index (χ2n) is 9.79. The molecule has 2 unspecified atom stereocenters. The van der Waals surface area contributed by atoms with Gasteiger partial charge in [0.25, 0.3) is 5.91 Å². The zero-order chi connectivity index (χ0) is 30.0. The number of nitrogens with one attached hydrogen (secondary N) is 1. The van der Waals surface area contributed by atoms with Gasteiger partial charge in [0.1, 0.15) is 0 Å². The SMILES string of the molecule is CC(C)CCNC(=O)c1ccc(N2CCN(C(=O)CC(C)C(F)(F)F)CC2)nn1.CC(CC(F)(F)F)C(=O)O. The van der Waals surface area contributed by atoms with Crippen LogP contribution in [0.3, 0.4) is 0 Å². The molecule has 1 aromatic rings. The van der Waals surface area contributed by atoms with Gasteiger partial charge in [-0.2, -0.15) is 26.3 Å². The van der Waals surface area contributed by atoms with Crippen LogP contribution in [0, 0.1) is 17.8 Å². The number of carboxylic acids is 1. The summed E-state index contributed by atoms with van der Waals surface area (Å²) in [6.45, 7) is 8.30. The zero-order valence-corrected chi connectivity index (χ0v) is 22.3. The Kier molecular flexibility index (Phi) is 12.9. The maximum atomic E-state index is 12.6. The van der Waals surface area contributed by atoms with E-state index in [1.807, 2.05) is 4.90 Å². The van der Waals surface area contributed by atoms with Crippen LogP contribution in [0.2, 0.25) is 0 Å². The van der Waals surface area contributed by atoms with Gasteiger partial charge in [0.05, 0.1) is 18.3 Å². The van der Waals surface area contributed by atoms with Gasteiger partial charge >= 0.3 is 18.3 Å². The van der Waals surface area contributed by atoms with Crippen molar-refractivity contribution in [3.63, 3.8) is 0 Å². The van der Waals surface area contributed by atoms with E-state index in [0.717, 1.165) is 20.3 Å². The van der Waals surface area contributed by atoms with Crippen LogP contribution in [0.5, 0.6) is 0 Å². The summed E-state index contributed by atoms with van der Waals surface area (Å²) in [4.78, 5) is 37.3. The fourth-order valence-electron chi connectivity index (χ4n) is 3.31. The van der Waals surface area contributed by atoms with E-state index >= 15 is 0 Å². The van der Waals surface area contributed by atoms with E-state index in [2.05, 4.69) is 29.4 Å². The number of nitrogens with zero attached hydrogens (tertiary/aromatic N) is 4. The molecule has 0 saturated carbocycles. The fourth-order valence-corrected chi connectivity index (χ4v) is 3.31. The normalized spacial score (nSPS) is 15.8. The predicted molar refractivity (Wildman–Crippen MR) is 130 cm³/mol. The second-order valence-corrected chi connectivity index (χ2v) is 9.79. The number of alkyl halides is 6. The lowest BCUT2D eigenvalue weighted by Gasteiger charge is -2.35. The molecule has 2 N–H and O–H groups in total. The van der Waals surface area contributed by atoms with E-state index < -0.39 is 48.9 Å². The molecule has 2 rings (SSSR count). The van der Waals surface area contributed by atoms with E-state index in [9.17, 15) is 40.7 Å². The monoisotopic (exact) mass is 571 g/mol. The lowest BCUT2D eigenvalue weighted by Crippen LogP contribution is -2.49. The lowest BCUT2D eigenvalue weighted by molar-refractivity contribution is -0.176. The summed E-state index contributed by atoms with van der Waals surface area (Å²) in [7, 11) is 0. The summed E-state index contributed by atoms with van der Waals surface area (Å²) in [5.74, 6) is -4.13. The molecule has 15 heteroatoms.